The van der Waals surface area contributed by atoms with E-state index in [4.69, 9.17) is 0 Å². The van der Waals surface area contributed by atoms with Crippen molar-refractivity contribution < 1.29 is 23.2 Å². The van der Waals surface area contributed by atoms with Crippen molar-refractivity contribution in [3.63, 3.8) is 0 Å². The molecule has 2 saturated heterocycles. The molecule has 9 heteroatoms. The van der Waals surface area contributed by atoms with E-state index in [0.29, 0.717) is 23.2 Å². The number of nitrogens with one attached hydrogen (secondary N) is 1. The van der Waals surface area contributed by atoms with Gasteiger partial charge in [0.15, 0.2) is 0 Å². The molecule has 42 heavy (non-hydrogen) atoms. The van der Waals surface area contributed by atoms with E-state index in [-0.39, 0.29) is 48.3 Å². The average Bonchev–Trinajstić information content (AvgIpc) is 3.29. The minimum absolute atomic E-state index is 0.0379. The third-order valence-corrected chi connectivity index (χ3v) is 9.38. The van der Waals surface area contributed by atoms with Crippen molar-refractivity contribution in [2.24, 2.45) is 5.41 Å². The second kappa shape index (κ2) is 11.3. The Bertz CT molecular complexity index is 1440. The van der Waals surface area contributed by atoms with E-state index in [9.17, 15) is 18.8 Å². The number of allylic oxidation sites excluding steroid dienone is 1. The number of imide groups is 1. The van der Waals surface area contributed by atoms with Gasteiger partial charge in [0.25, 0.3) is 5.91 Å². The predicted octanol–water partition coefficient (Wildman–Crippen LogP) is 4.51. The van der Waals surface area contributed by atoms with Gasteiger partial charge in [-0.05, 0) is 60.4 Å². The molecule has 222 valence electrons. The maximum absolute atomic E-state index is 15.7. The summed E-state index contributed by atoms with van der Waals surface area (Å²) in [7, 11) is 0. The number of benzene rings is 2. The lowest BCUT2D eigenvalue weighted by molar-refractivity contribution is -0.136. The number of hydrogen-bond donors (Lipinski definition) is 1. The zero-order chi connectivity index (χ0) is 29.6. The molecule has 0 aromatic heterocycles. The summed E-state index contributed by atoms with van der Waals surface area (Å²) in [5.74, 6) is -1.80. The molecule has 1 N–H and O–H groups in total. The minimum Gasteiger partial charge on any atom is -0.322 e. The zero-order valence-electron chi connectivity index (χ0n) is 24.3. The summed E-state index contributed by atoms with van der Waals surface area (Å²) in [5.41, 5.74) is 5.29. The fraction of sp³-hybridized carbons (Fsp3) is 0.485. The lowest BCUT2D eigenvalue weighted by atomic mass is 9.72. The van der Waals surface area contributed by atoms with Crippen molar-refractivity contribution in [3.8, 4) is 0 Å². The number of halogens is 2. The molecule has 0 spiro atoms. The highest BCUT2D eigenvalue weighted by atomic mass is 19.1. The van der Waals surface area contributed by atoms with Crippen LogP contribution in [0.1, 0.15) is 73.0 Å². The second-order valence-corrected chi connectivity index (χ2v) is 12.9. The van der Waals surface area contributed by atoms with Crippen molar-refractivity contribution in [2.75, 3.05) is 32.7 Å². The van der Waals surface area contributed by atoms with Crippen molar-refractivity contribution in [3.05, 3.63) is 75.9 Å². The van der Waals surface area contributed by atoms with Gasteiger partial charge in [-0.1, -0.05) is 37.6 Å². The summed E-state index contributed by atoms with van der Waals surface area (Å²) in [5, 5.41) is 2.29. The van der Waals surface area contributed by atoms with Gasteiger partial charge in [0.1, 0.15) is 17.7 Å². The van der Waals surface area contributed by atoms with E-state index in [1.165, 1.54) is 16.0 Å². The molecule has 2 fully saturated rings. The Kier molecular flexibility index (Phi) is 7.74. The molecule has 2 aromatic rings. The fourth-order valence-electron chi connectivity index (χ4n) is 6.86. The van der Waals surface area contributed by atoms with E-state index in [0.717, 1.165) is 57.5 Å². The predicted molar refractivity (Wildman–Crippen MR) is 155 cm³/mol. The van der Waals surface area contributed by atoms with E-state index >= 15 is 4.39 Å². The largest absolute Gasteiger partial charge is 0.322 e. The Morgan fingerprint density at radius 1 is 0.905 bits per heavy atom. The van der Waals surface area contributed by atoms with Gasteiger partial charge in [-0.25, -0.2) is 8.78 Å². The highest BCUT2D eigenvalue weighted by Crippen LogP contribution is 2.43. The normalized spacial score (nSPS) is 23.4. The summed E-state index contributed by atoms with van der Waals surface area (Å²) < 4.78 is 29.3. The first-order valence-corrected chi connectivity index (χ1v) is 14.9. The number of carbonyl (C=O) groups excluding carboxylic acids is 3. The van der Waals surface area contributed by atoms with Crippen LogP contribution in [0.4, 0.5) is 8.78 Å². The van der Waals surface area contributed by atoms with Crippen LogP contribution in [0, 0.1) is 17.0 Å². The maximum atomic E-state index is 15.7. The van der Waals surface area contributed by atoms with Crippen molar-refractivity contribution in [1.29, 1.82) is 0 Å². The smallest absolute Gasteiger partial charge is 0.255 e. The van der Waals surface area contributed by atoms with Gasteiger partial charge in [-0.2, -0.15) is 0 Å². The molecule has 3 aliphatic heterocycles. The molecule has 0 radical (unpaired) electrons. The van der Waals surface area contributed by atoms with Crippen LogP contribution in [0.15, 0.2) is 42.0 Å². The molecule has 0 bridgehead atoms. The molecule has 1 unspecified atom stereocenters. The van der Waals surface area contributed by atoms with Crippen LogP contribution < -0.4 is 5.32 Å². The molecule has 1 aliphatic carbocycles. The van der Waals surface area contributed by atoms with Crippen molar-refractivity contribution in [1.82, 2.24) is 20.0 Å². The Morgan fingerprint density at radius 3 is 2.29 bits per heavy atom. The molecule has 7 nitrogen and oxygen atoms in total. The SMILES string of the molecule is CC1(C)CCC(CN2CCN(Cc3ccc4c(c3F)CN(C3CCC(=O)NC3=O)C4=O)CC2)=C(c2ccc(F)cc2)C1. The van der Waals surface area contributed by atoms with Crippen LogP contribution in [0.3, 0.4) is 0 Å². The monoisotopic (exact) mass is 576 g/mol. The number of rotatable bonds is 6. The van der Waals surface area contributed by atoms with Crippen LogP contribution in [0.2, 0.25) is 0 Å². The van der Waals surface area contributed by atoms with Gasteiger partial charge in [0.05, 0.1) is 6.54 Å². The van der Waals surface area contributed by atoms with Crippen molar-refractivity contribution >= 4 is 23.3 Å². The molecule has 6 rings (SSSR count). The van der Waals surface area contributed by atoms with Gasteiger partial charge in [-0.3, -0.25) is 29.5 Å². The van der Waals surface area contributed by atoms with Crippen LogP contribution in [0.25, 0.3) is 5.57 Å². The highest BCUT2D eigenvalue weighted by molar-refractivity contribution is 6.05. The lowest BCUT2D eigenvalue weighted by Gasteiger charge is -2.38. The lowest BCUT2D eigenvalue weighted by Crippen LogP contribution is -2.52. The number of piperidine rings is 1. The molecular weight excluding hydrogens is 538 g/mol. The number of piperazine rings is 1. The van der Waals surface area contributed by atoms with Gasteiger partial charge in [-0.15, -0.1) is 0 Å². The Hall–Kier alpha value is -3.43. The number of nitrogens with zero attached hydrogens (tertiary/aromatic N) is 3. The Morgan fingerprint density at radius 2 is 1.60 bits per heavy atom. The Labute approximate surface area is 245 Å². The van der Waals surface area contributed by atoms with Crippen LogP contribution in [-0.4, -0.2) is 71.2 Å². The van der Waals surface area contributed by atoms with E-state index in [1.54, 1.807) is 24.3 Å². The number of fused-ring (bicyclic) bond motifs is 1. The first kappa shape index (κ1) is 28.7. The molecular formula is C33H38F2N4O3. The van der Waals surface area contributed by atoms with Crippen LogP contribution >= 0.6 is 0 Å². The quantitative estimate of drug-likeness (QED) is 0.513. The summed E-state index contributed by atoms with van der Waals surface area (Å²) in [6.45, 7) is 9.34. The summed E-state index contributed by atoms with van der Waals surface area (Å²) >= 11 is 0. The molecule has 1 atom stereocenters. The molecule has 0 saturated carbocycles. The maximum Gasteiger partial charge on any atom is 0.255 e. The van der Waals surface area contributed by atoms with Gasteiger partial charge < -0.3 is 4.90 Å². The van der Waals surface area contributed by atoms with Crippen molar-refractivity contribution in [2.45, 2.75) is 65.1 Å². The standard InChI is InChI=1S/C33H38F2N4O3/c1-33(2)12-11-22(26(17-33)21-3-6-24(34)7-4-21)18-37-13-15-38(16-14-37)19-23-5-8-25-27(30(23)35)20-39(32(25)42)28-9-10-29(40)36-31(28)41/h3-8,28H,9-20H2,1-2H3,(H,36,40,41). The summed E-state index contributed by atoms with van der Waals surface area (Å²) in [4.78, 5) is 43.0. The summed E-state index contributed by atoms with van der Waals surface area (Å²) in [6.07, 6.45) is 3.57. The van der Waals surface area contributed by atoms with Gasteiger partial charge >= 0.3 is 0 Å². The molecule has 2 aromatic carbocycles. The van der Waals surface area contributed by atoms with Crippen LogP contribution in [0.5, 0.6) is 0 Å². The molecule has 4 aliphatic rings. The van der Waals surface area contributed by atoms with E-state index in [2.05, 4.69) is 29.0 Å². The number of carbonyl (C=O) groups is 3. The fourth-order valence-corrected chi connectivity index (χ4v) is 6.86. The van der Waals surface area contributed by atoms with Gasteiger partial charge in [0.2, 0.25) is 11.8 Å². The average molecular weight is 577 g/mol. The number of hydrogen-bond acceptors (Lipinski definition) is 5. The second-order valence-electron chi connectivity index (χ2n) is 12.9. The molecule has 3 heterocycles. The number of amides is 3. The third-order valence-electron chi connectivity index (χ3n) is 9.38. The minimum atomic E-state index is -0.757. The third kappa shape index (κ3) is 5.77. The van der Waals surface area contributed by atoms with Gasteiger partial charge in [0, 0.05) is 62.4 Å². The zero-order valence-corrected chi connectivity index (χ0v) is 24.3. The first-order valence-electron chi connectivity index (χ1n) is 14.9. The Balaban J connectivity index is 1.09. The van der Waals surface area contributed by atoms with E-state index in [1.807, 2.05) is 12.1 Å². The summed E-state index contributed by atoms with van der Waals surface area (Å²) in [6, 6.07) is 9.48. The van der Waals surface area contributed by atoms with Crippen LogP contribution in [-0.2, 0) is 22.7 Å². The first-order chi connectivity index (χ1) is 20.1. The topological polar surface area (TPSA) is 73.0 Å². The molecule has 3 amide bonds. The highest BCUT2D eigenvalue weighted by Gasteiger charge is 2.40. The van der Waals surface area contributed by atoms with E-state index < -0.39 is 11.9 Å².